The maximum atomic E-state index is 13.2. The van der Waals surface area contributed by atoms with E-state index in [0.717, 1.165) is 12.3 Å². The summed E-state index contributed by atoms with van der Waals surface area (Å²) in [7, 11) is -1.09. The van der Waals surface area contributed by atoms with Crippen molar-refractivity contribution in [2.75, 3.05) is 25.5 Å². The molecular formula is C26H23ClFN7O5S. The van der Waals surface area contributed by atoms with Crippen LogP contribution in [0.5, 0.6) is 17.4 Å². The molecule has 41 heavy (non-hydrogen) atoms. The molecule has 0 unspecified atom stereocenters. The van der Waals surface area contributed by atoms with Gasteiger partial charge in [0.1, 0.15) is 34.5 Å². The van der Waals surface area contributed by atoms with Crippen LogP contribution < -0.4 is 18.9 Å². The molecule has 0 bridgehead atoms. The predicted octanol–water partition coefficient (Wildman–Crippen LogP) is 4.42. The number of nitrogens with one attached hydrogen (secondary N) is 1. The van der Waals surface area contributed by atoms with Gasteiger partial charge in [-0.2, -0.15) is 0 Å². The number of hydrogen-bond donors (Lipinski definition) is 1. The third kappa shape index (κ3) is 5.83. The van der Waals surface area contributed by atoms with Crippen LogP contribution in [0.4, 0.5) is 10.2 Å². The van der Waals surface area contributed by atoms with Crippen LogP contribution in [0.3, 0.4) is 0 Å². The molecule has 0 saturated heterocycles. The van der Waals surface area contributed by atoms with Crippen LogP contribution in [0.1, 0.15) is 12.6 Å². The third-order valence-electron chi connectivity index (χ3n) is 5.70. The number of pyridine rings is 2. The number of ether oxygens (including phenoxy) is 3. The van der Waals surface area contributed by atoms with E-state index in [2.05, 4.69) is 29.6 Å². The summed E-state index contributed by atoms with van der Waals surface area (Å²) >= 11 is 6.37. The Balaban J connectivity index is 1.70. The largest absolute Gasteiger partial charge is 0.494 e. The number of benzene rings is 1. The minimum Gasteiger partial charge on any atom is -0.494 e. The van der Waals surface area contributed by atoms with Crippen LogP contribution in [-0.4, -0.2) is 58.7 Å². The molecule has 12 nitrogen and oxygen atoms in total. The van der Waals surface area contributed by atoms with Gasteiger partial charge in [-0.3, -0.25) is 14.3 Å². The van der Waals surface area contributed by atoms with Crippen LogP contribution in [0, 0.1) is 5.82 Å². The number of rotatable bonds is 10. The summed E-state index contributed by atoms with van der Waals surface area (Å²) < 4.78 is 59.9. The van der Waals surface area contributed by atoms with Crippen molar-refractivity contribution in [3.63, 3.8) is 0 Å². The number of aromatic nitrogens is 6. The Labute approximate surface area is 239 Å². The van der Waals surface area contributed by atoms with Crippen molar-refractivity contribution >= 4 is 38.7 Å². The van der Waals surface area contributed by atoms with Gasteiger partial charge in [0.05, 0.1) is 32.7 Å². The van der Waals surface area contributed by atoms with Gasteiger partial charge in [0.15, 0.2) is 28.1 Å². The van der Waals surface area contributed by atoms with Crippen molar-refractivity contribution in [1.29, 1.82) is 0 Å². The van der Waals surface area contributed by atoms with E-state index < -0.39 is 21.6 Å². The summed E-state index contributed by atoms with van der Waals surface area (Å²) in [6.07, 6.45) is 0.930. The van der Waals surface area contributed by atoms with E-state index in [9.17, 15) is 12.8 Å². The summed E-state index contributed by atoms with van der Waals surface area (Å²) in [5, 5.41) is -0.243. The molecule has 5 aromatic rings. The molecule has 15 heteroatoms. The maximum absolute atomic E-state index is 13.2. The molecule has 212 valence electrons. The van der Waals surface area contributed by atoms with Crippen molar-refractivity contribution in [3.8, 4) is 34.6 Å². The van der Waals surface area contributed by atoms with Gasteiger partial charge >= 0.3 is 0 Å². The highest BCUT2D eigenvalue weighted by molar-refractivity contribution is 7.91. The zero-order valence-corrected chi connectivity index (χ0v) is 23.6. The zero-order chi connectivity index (χ0) is 29.1. The Morgan fingerprint density at radius 2 is 1.71 bits per heavy atom. The van der Waals surface area contributed by atoms with E-state index in [1.54, 1.807) is 41.0 Å². The van der Waals surface area contributed by atoms with Crippen molar-refractivity contribution in [2.45, 2.75) is 12.7 Å². The third-order valence-corrected chi connectivity index (χ3v) is 7.15. The number of para-hydroxylation sites is 1. The van der Waals surface area contributed by atoms with Gasteiger partial charge in [0, 0.05) is 6.07 Å². The smallest absolute Gasteiger partial charge is 0.239 e. The SMILES string of the molecule is CCOc1cccc(-c2nc3nc(Cl)c(NS(=O)(=O)Cc4ccc(F)cn4)nc3n2-c2c(OC)cccc2OC)n1. The van der Waals surface area contributed by atoms with Gasteiger partial charge in [-0.05, 0) is 37.3 Å². The Bertz CT molecular complexity index is 1810. The molecule has 0 saturated carbocycles. The predicted molar refractivity (Wildman–Crippen MR) is 150 cm³/mol. The highest BCUT2D eigenvalue weighted by Gasteiger charge is 2.26. The minimum atomic E-state index is -4.08. The van der Waals surface area contributed by atoms with Crippen LogP contribution in [0.2, 0.25) is 5.15 Å². The fourth-order valence-corrected chi connectivity index (χ4v) is 5.31. The van der Waals surface area contributed by atoms with E-state index >= 15 is 0 Å². The highest BCUT2D eigenvalue weighted by atomic mass is 35.5. The van der Waals surface area contributed by atoms with Gasteiger partial charge in [-0.25, -0.2) is 32.7 Å². The van der Waals surface area contributed by atoms with Crippen LogP contribution in [0.25, 0.3) is 28.5 Å². The molecule has 0 amide bonds. The van der Waals surface area contributed by atoms with Gasteiger partial charge < -0.3 is 14.2 Å². The minimum absolute atomic E-state index is 0.102. The lowest BCUT2D eigenvalue weighted by molar-refractivity contribution is 0.327. The normalized spacial score (nSPS) is 11.4. The quantitative estimate of drug-likeness (QED) is 0.245. The summed E-state index contributed by atoms with van der Waals surface area (Å²) in [6, 6.07) is 12.8. The lowest BCUT2D eigenvalue weighted by atomic mass is 10.2. The summed E-state index contributed by atoms with van der Waals surface area (Å²) in [4.78, 5) is 21.8. The fraction of sp³-hybridized carbons (Fsp3) is 0.192. The molecule has 0 aliphatic rings. The lowest BCUT2D eigenvalue weighted by Crippen LogP contribution is -2.17. The van der Waals surface area contributed by atoms with Gasteiger partial charge in [0.25, 0.3) is 0 Å². The van der Waals surface area contributed by atoms with E-state index in [4.69, 9.17) is 25.8 Å². The standard InChI is InChI=1S/C26H23ClFN7O5S/c1-4-40-20-10-5-7-17(30-20)25-33-24-26(35(25)21-18(38-2)8-6-9-19(21)39-3)32-23(22(27)31-24)34-41(36,37)14-16-12-11-15(28)13-29-16/h5-13H,4,14H2,1-3H3,(H,32,34). The number of methoxy groups -OCH3 is 2. The summed E-state index contributed by atoms with van der Waals surface area (Å²) in [6.45, 7) is 2.25. The second-order valence-electron chi connectivity index (χ2n) is 8.42. The Morgan fingerprint density at radius 3 is 2.37 bits per heavy atom. The summed E-state index contributed by atoms with van der Waals surface area (Å²) in [5.74, 6) is 0.0875. The molecule has 0 aliphatic carbocycles. The monoisotopic (exact) mass is 599 g/mol. The van der Waals surface area contributed by atoms with Crippen LogP contribution >= 0.6 is 11.6 Å². The van der Waals surface area contributed by atoms with Gasteiger partial charge in [0.2, 0.25) is 15.9 Å². The zero-order valence-electron chi connectivity index (χ0n) is 22.0. The topological polar surface area (TPSA) is 143 Å². The van der Waals surface area contributed by atoms with Crippen LogP contribution in [0.15, 0.2) is 54.7 Å². The molecule has 1 aromatic carbocycles. The molecule has 0 radical (unpaired) electrons. The first kappa shape index (κ1) is 28.0. The number of fused-ring (bicyclic) bond motifs is 1. The molecule has 0 aliphatic heterocycles. The number of sulfonamides is 1. The van der Waals surface area contributed by atoms with Crippen LogP contribution in [-0.2, 0) is 15.8 Å². The first-order valence-electron chi connectivity index (χ1n) is 12.1. The van der Waals surface area contributed by atoms with E-state index in [1.807, 2.05) is 6.92 Å². The van der Waals surface area contributed by atoms with Crippen molar-refractivity contribution in [2.24, 2.45) is 0 Å². The van der Waals surface area contributed by atoms with Crippen molar-refractivity contribution < 1.29 is 27.0 Å². The Hall–Kier alpha value is -4.56. The Kier molecular flexibility index (Phi) is 7.85. The highest BCUT2D eigenvalue weighted by Crippen LogP contribution is 2.38. The molecule has 0 atom stereocenters. The molecular weight excluding hydrogens is 577 g/mol. The number of nitrogens with zero attached hydrogens (tertiary/aromatic N) is 6. The fourth-order valence-electron chi connectivity index (χ4n) is 4.01. The average Bonchev–Trinajstić information content (AvgIpc) is 3.31. The second kappa shape index (κ2) is 11.5. The molecule has 4 heterocycles. The van der Waals surface area contributed by atoms with Crippen molar-refractivity contribution in [1.82, 2.24) is 29.5 Å². The number of halogens is 2. The first-order chi connectivity index (χ1) is 19.7. The number of anilines is 1. The number of imidazole rings is 1. The van der Waals surface area contributed by atoms with Gasteiger partial charge in [-0.15, -0.1) is 0 Å². The molecule has 0 fully saturated rings. The molecule has 1 N–H and O–H groups in total. The van der Waals surface area contributed by atoms with E-state index in [1.165, 1.54) is 20.3 Å². The van der Waals surface area contributed by atoms with E-state index in [0.29, 0.717) is 35.4 Å². The second-order valence-corrected chi connectivity index (χ2v) is 10.5. The molecule has 5 rings (SSSR count). The number of hydrogen-bond acceptors (Lipinski definition) is 10. The summed E-state index contributed by atoms with van der Waals surface area (Å²) in [5.41, 5.74) is 1.18. The molecule has 4 aromatic heterocycles. The van der Waals surface area contributed by atoms with Crippen molar-refractivity contribution in [3.05, 3.63) is 71.4 Å². The van der Waals surface area contributed by atoms with Gasteiger partial charge in [-0.1, -0.05) is 23.7 Å². The van der Waals surface area contributed by atoms with E-state index in [-0.39, 0.29) is 33.8 Å². The Morgan fingerprint density at radius 1 is 0.976 bits per heavy atom. The molecule has 0 spiro atoms. The first-order valence-corrected chi connectivity index (χ1v) is 14.1. The average molecular weight is 600 g/mol. The maximum Gasteiger partial charge on any atom is 0.239 e. The lowest BCUT2D eigenvalue weighted by Gasteiger charge is -2.16.